The van der Waals surface area contributed by atoms with Gasteiger partial charge in [0.25, 0.3) is 5.91 Å². The second-order valence-corrected chi connectivity index (χ2v) is 9.31. The number of benzene rings is 3. The second-order valence-electron chi connectivity index (χ2n) is 8.30. The number of amides is 1. The van der Waals surface area contributed by atoms with Crippen molar-refractivity contribution in [2.45, 2.75) is 6.04 Å². The Labute approximate surface area is 198 Å². The van der Waals surface area contributed by atoms with E-state index in [1.165, 1.54) is 27.8 Å². The second kappa shape index (κ2) is 9.65. The molecule has 2 heterocycles. The van der Waals surface area contributed by atoms with E-state index in [4.69, 9.17) is 0 Å². The Morgan fingerprint density at radius 2 is 1.45 bits per heavy atom. The Morgan fingerprint density at radius 1 is 0.879 bits per heavy atom. The quantitative estimate of drug-likeness (QED) is 0.592. The summed E-state index contributed by atoms with van der Waals surface area (Å²) in [7, 11) is 0. The summed E-state index contributed by atoms with van der Waals surface area (Å²) in [5.74, 6) is 0.0217. The van der Waals surface area contributed by atoms with E-state index in [0.29, 0.717) is 10.9 Å². The zero-order valence-electron chi connectivity index (χ0n) is 18.2. The van der Waals surface area contributed by atoms with Crippen LogP contribution in [0.4, 0.5) is 0 Å². The molecule has 5 rings (SSSR count). The summed E-state index contributed by atoms with van der Waals surface area (Å²) in [6, 6.07) is 28.6. The number of piperazine rings is 1. The number of amidine groups is 1. The molecule has 5 nitrogen and oxygen atoms in total. The number of hydrogen-bond acceptors (Lipinski definition) is 4. The third kappa shape index (κ3) is 4.87. The van der Waals surface area contributed by atoms with Crippen molar-refractivity contribution in [1.29, 1.82) is 0 Å². The van der Waals surface area contributed by atoms with Gasteiger partial charge < -0.3 is 14.9 Å². The van der Waals surface area contributed by atoms with E-state index >= 15 is 0 Å². The maximum absolute atomic E-state index is 12.5. The Kier molecular flexibility index (Phi) is 6.28. The van der Waals surface area contributed by atoms with Crippen molar-refractivity contribution >= 4 is 28.9 Å². The SMILES string of the molecule is O=C1N=C(N2CC[NH+](C(c3ccccc3)c3ccccc3)CC2)S/C1=C\c1ccc(O)cc1. The predicted molar refractivity (Wildman–Crippen MR) is 133 cm³/mol. The van der Waals surface area contributed by atoms with E-state index in [-0.39, 0.29) is 11.7 Å². The van der Waals surface area contributed by atoms with Crippen molar-refractivity contribution in [2.24, 2.45) is 4.99 Å². The normalized spacial score (nSPS) is 18.2. The molecule has 0 atom stereocenters. The van der Waals surface area contributed by atoms with Gasteiger partial charge in [-0.05, 0) is 35.5 Å². The molecule has 0 aliphatic carbocycles. The van der Waals surface area contributed by atoms with E-state index in [1.54, 1.807) is 24.3 Å². The number of carbonyl (C=O) groups is 1. The van der Waals surface area contributed by atoms with Crippen LogP contribution in [-0.4, -0.2) is 47.3 Å². The minimum absolute atomic E-state index is 0.190. The van der Waals surface area contributed by atoms with Crippen LogP contribution >= 0.6 is 11.8 Å². The molecule has 6 heteroatoms. The van der Waals surface area contributed by atoms with Crippen molar-refractivity contribution in [1.82, 2.24) is 4.90 Å². The maximum Gasteiger partial charge on any atom is 0.286 e. The summed E-state index contributed by atoms with van der Waals surface area (Å²) in [5.41, 5.74) is 3.53. The van der Waals surface area contributed by atoms with Crippen LogP contribution in [0.2, 0.25) is 0 Å². The standard InChI is InChI=1S/C27H25N3O2S/c31-23-13-11-20(12-14-23)19-24-26(32)28-27(33-24)30-17-15-29(16-18-30)25(21-7-3-1-4-8-21)22-9-5-2-6-10-22/h1-14,19,25,31H,15-18H2/p+1/b24-19-. The van der Waals surface area contributed by atoms with Gasteiger partial charge in [0, 0.05) is 11.1 Å². The molecule has 3 aromatic rings. The first-order valence-electron chi connectivity index (χ1n) is 11.2. The zero-order chi connectivity index (χ0) is 22.6. The lowest BCUT2D eigenvalue weighted by Gasteiger charge is -2.37. The van der Waals surface area contributed by atoms with Gasteiger partial charge in [0.15, 0.2) is 5.17 Å². The lowest BCUT2D eigenvalue weighted by Crippen LogP contribution is -3.15. The average Bonchev–Trinajstić information content (AvgIpc) is 3.22. The number of aromatic hydroxyl groups is 1. The number of aliphatic imine (C=N–C) groups is 1. The van der Waals surface area contributed by atoms with Crippen LogP contribution in [-0.2, 0) is 4.79 Å². The van der Waals surface area contributed by atoms with E-state index in [1.807, 2.05) is 6.08 Å². The van der Waals surface area contributed by atoms with Crippen LogP contribution in [0.1, 0.15) is 22.7 Å². The third-order valence-electron chi connectivity index (χ3n) is 6.15. The Morgan fingerprint density at radius 3 is 2.03 bits per heavy atom. The molecule has 0 saturated carbocycles. The van der Waals surface area contributed by atoms with Gasteiger partial charge in [0.1, 0.15) is 11.8 Å². The molecule has 2 aliphatic heterocycles. The molecule has 166 valence electrons. The topological polar surface area (TPSA) is 57.3 Å². The fourth-order valence-corrected chi connectivity index (χ4v) is 5.45. The fraction of sp³-hybridized carbons (Fsp3) is 0.185. The number of nitrogens with one attached hydrogen (secondary N) is 1. The molecule has 0 bridgehead atoms. The van der Waals surface area contributed by atoms with Gasteiger partial charge in [-0.25, -0.2) is 0 Å². The number of thioether (sulfide) groups is 1. The van der Waals surface area contributed by atoms with Crippen LogP contribution in [0.15, 0.2) is 94.8 Å². The highest BCUT2D eigenvalue weighted by Crippen LogP contribution is 2.30. The highest BCUT2D eigenvalue weighted by Gasteiger charge is 2.33. The summed E-state index contributed by atoms with van der Waals surface area (Å²) < 4.78 is 0. The van der Waals surface area contributed by atoms with E-state index in [0.717, 1.165) is 36.9 Å². The van der Waals surface area contributed by atoms with Crippen molar-refractivity contribution in [2.75, 3.05) is 26.2 Å². The van der Waals surface area contributed by atoms with Crippen LogP contribution in [0, 0.1) is 0 Å². The summed E-state index contributed by atoms with van der Waals surface area (Å²) in [6.07, 6.45) is 1.84. The number of carbonyl (C=O) groups excluding carboxylic acids is 1. The monoisotopic (exact) mass is 456 g/mol. The lowest BCUT2D eigenvalue weighted by atomic mass is 9.96. The Bertz CT molecular complexity index is 1130. The van der Waals surface area contributed by atoms with Crippen molar-refractivity contribution in [3.05, 3.63) is 107 Å². The lowest BCUT2D eigenvalue weighted by molar-refractivity contribution is -0.929. The number of hydrogen-bond donors (Lipinski definition) is 2. The largest absolute Gasteiger partial charge is 0.508 e. The van der Waals surface area contributed by atoms with Gasteiger partial charge >= 0.3 is 0 Å². The Balaban J connectivity index is 1.28. The third-order valence-corrected chi connectivity index (χ3v) is 7.19. The molecule has 1 amide bonds. The molecule has 1 fully saturated rings. The highest BCUT2D eigenvalue weighted by atomic mass is 32.2. The van der Waals surface area contributed by atoms with Gasteiger partial charge in [-0.15, -0.1) is 0 Å². The summed E-state index contributed by atoms with van der Waals surface area (Å²) in [6.45, 7) is 3.66. The van der Waals surface area contributed by atoms with Crippen molar-refractivity contribution in [3.8, 4) is 5.75 Å². The van der Waals surface area contributed by atoms with Crippen LogP contribution in [0.25, 0.3) is 6.08 Å². The smallest absolute Gasteiger partial charge is 0.286 e. The minimum atomic E-state index is -0.190. The summed E-state index contributed by atoms with van der Waals surface area (Å²) >= 11 is 1.44. The van der Waals surface area contributed by atoms with Gasteiger partial charge in [0.2, 0.25) is 0 Å². The molecule has 33 heavy (non-hydrogen) atoms. The minimum Gasteiger partial charge on any atom is -0.508 e. The predicted octanol–water partition coefficient (Wildman–Crippen LogP) is 3.35. The first kappa shape index (κ1) is 21.5. The van der Waals surface area contributed by atoms with Gasteiger partial charge in [-0.3, -0.25) is 4.79 Å². The number of quaternary nitrogens is 1. The van der Waals surface area contributed by atoms with Crippen molar-refractivity contribution in [3.63, 3.8) is 0 Å². The Hall–Kier alpha value is -3.35. The molecule has 3 aromatic carbocycles. The van der Waals surface area contributed by atoms with Gasteiger partial charge in [-0.2, -0.15) is 4.99 Å². The van der Waals surface area contributed by atoms with E-state index in [2.05, 4.69) is 70.6 Å². The molecule has 2 N–H and O–H groups in total. The number of rotatable bonds is 4. The molecule has 0 unspecified atom stereocenters. The highest BCUT2D eigenvalue weighted by molar-refractivity contribution is 8.18. The van der Waals surface area contributed by atoms with Gasteiger partial charge in [-0.1, -0.05) is 72.8 Å². The molecule has 2 aliphatic rings. The average molecular weight is 457 g/mol. The first-order chi connectivity index (χ1) is 16.2. The fourth-order valence-electron chi connectivity index (χ4n) is 4.48. The maximum atomic E-state index is 12.5. The number of phenolic OH excluding ortho intramolecular Hbond substituents is 1. The summed E-state index contributed by atoms with van der Waals surface area (Å²) in [4.78, 5) is 21.2. The molecule has 0 aromatic heterocycles. The van der Waals surface area contributed by atoms with Crippen molar-refractivity contribution < 1.29 is 14.8 Å². The molecule has 0 radical (unpaired) electrons. The zero-order valence-corrected chi connectivity index (χ0v) is 19.0. The molecule has 0 spiro atoms. The van der Waals surface area contributed by atoms with Crippen LogP contribution in [0.5, 0.6) is 5.75 Å². The molecular weight excluding hydrogens is 430 g/mol. The summed E-state index contributed by atoms with van der Waals surface area (Å²) in [5, 5.41) is 10.3. The van der Waals surface area contributed by atoms with E-state index < -0.39 is 0 Å². The van der Waals surface area contributed by atoms with Crippen LogP contribution < -0.4 is 4.90 Å². The number of phenols is 1. The van der Waals surface area contributed by atoms with E-state index in [9.17, 15) is 9.90 Å². The van der Waals surface area contributed by atoms with Crippen LogP contribution in [0.3, 0.4) is 0 Å². The number of nitrogens with zero attached hydrogens (tertiary/aromatic N) is 2. The van der Waals surface area contributed by atoms with Gasteiger partial charge in [0.05, 0.1) is 31.1 Å². The molecular formula is C27H26N3O2S+. The molecule has 1 saturated heterocycles. The first-order valence-corrected chi connectivity index (χ1v) is 12.0.